The van der Waals surface area contributed by atoms with E-state index in [2.05, 4.69) is 26.6 Å². The smallest absolute Gasteiger partial charge is 0.337 e. The van der Waals surface area contributed by atoms with Gasteiger partial charge in [0.2, 0.25) is 0 Å². The fourth-order valence-corrected chi connectivity index (χ4v) is 2.99. The SMILES string of the molecule is COC(=O)c1cccc(NC(=O)C(=Cc2ccc(OC)cc2)NC(=O)c2ccc(Br)o2)c1. The second-order valence-electron chi connectivity index (χ2n) is 6.42. The average Bonchev–Trinajstić information content (AvgIpc) is 3.25. The molecule has 0 bridgehead atoms. The topological polar surface area (TPSA) is 107 Å². The fraction of sp³-hybridized carbons (Fsp3) is 0.0870. The first-order valence-corrected chi connectivity index (χ1v) is 10.1. The molecule has 0 fully saturated rings. The summed E-state index contributed by atoms with van der Waals surface area (Å²) in [4.78, 5) is 37.3. The summed E-state index contributed by atoms with van der Waals surface area (Å²) in [5.74, 6) is -1.06. The molecule has 1 heterocycles. The molecule has 164 valence electrons. The Morgan fingerprint density at radius 1 is 1.00 bits per heavy atom. The molecule has 0 saturated carbocycles. The molecule has 8 nitrogen and oxygen atoms in total. The van der Waals surface area contributed by atoms with Crippen molar-refractivity contribution in [3.63, 3.8) is 0 Å². The van der Waals surface area contributed by atoms with E-state index in [0.29, 0.717) is 21.7 Å². The minimum absolute atomic E-state index is 0.0259. The number of benzene rings is 2. The van der Waals surface area contributed by atoms with Crippen LogP contribution in [0.25, 0.3) is 6.08 Å². The molecule has 0 unspecified atom stereocenters. The van der Waals surface area contributed by atoms with Gasteiger partial charge in [-0.25, -0.2) is 4.79 Å². The highest BCUT2D eigenvalue weighted by Gasteiger charge is 2.18. The summed E-state index contributed by atoms with van der Waals surface area (Å²) in [7, 11) is 2.82. The maximum absolute atomic E-state index is 13.0. The van der Waals surface area contributed by atoms with E-state index in [0.717, 1.165) is 0 Å². The lowest BCUT2D eigenvalue weighted by molar-refractivity contribution is -0.113. The molecule has 2 N–H and O–H groups in total. The van der Waals surface area contributed by atoms with E-state index in [-0.39, 0.29) is 17.0 Å². The highest BCUT2D eigenvalue weighted by molar-refractivity contribution is 9.10. The van der Waals surface area contributed by atoms with Gasteiger partial charge in [0.05, 0.1) is 19.8 Å². The molecule has 0 saturated heterocycles. The lowest BCUT2D eigenvalue weighted by atomic mass is 10.1. The van der Waals surface area contributed by atoms with Gasteiger partial charge in [0.15, 0.2) is 10.4 Å². The lowest BCUT2D eigenvalue weighted by Gasteiger charge is -2.11. The highest BCUT2D eigenvalue weighted by Crippen LogP contribution is 2.18. The van der Waals surface area contributed by atoms with Crippen molar-refractivity contribution in [3.8, 4) is 5.75 Å². The molecule has 0 spiro atoms. The number of hydrogen-bond donors (Lipinski definition) is 2. The normalized spacial score (nSPS) is 10.9. The van der Waals surface area contributed by atoms with Gasteiger partial charge >= 0.3 is 5.97 Å². The number of anilines is 1. The van der Waals surface area contributed by atoms with Gasteiger partial charge < -0.3 is 24.5 Å². The Balaban J connectivity index is 1.88. The number of nitrogens with one attached hydrogen (secondary N) is 2. The first-order chi connectivity index (χ1) is 15.4. The van der Waals surface area contributed by atoms with Crippen LogP contribution in [0.5, 0.6) is 5.75 Å². The van der Waals surface area contributed by atoms with Crippen molar-refractivity contribution >= 4 is 45.5 Å². The molecule has 2 amide bonds. The summed E-state index contributed by atoms with van der Waals surface area (Å²) < 4.78 is 15.5. The van der Waals surface area contributed by atoms with Gasteiger partial charge in [0, 0.05) is 5.69 Å². The van der Waals surface area contributed by atoms with Gasteiger partial charge in [-0.2, -0.15) is 0 Å². The first kappa shape index (κ1) is 22.8. The third-order valence-corrected chi connectivity index (χ3v) is 4.68. The van der Waals surface area contributed by atoms with Crippen molar-refractivity contribution in [2.45, 2.75) is 0 Å². The predicted octanol–water partition coefficient (Wildman–Crippen LogP) is 4.25. The summed E-state index contributed by atoms with van der Waals surface area (Å²) in [5.41, 5.74) is 1.25. The van der Waals surface area contributed by atoms with E-state index in [1.54, 1.807) is 55.6 Å². The van der Waals surface area contributed by atoms with Crippen molar-refractivity contribution in [2.24, 2.45) is 0 Å². The van der Waals surface area contributed by atoms with Crippen LogP contribution in [0.15, 0.2) is 75.4 Å². The number of amides is 2. The number of furan rings is 1. The minimum Gasteiger partial charge on any atom is -0.497 e. The Hall–Kier alpha value is -3.85. The van der Waals surface area contributed by atoms with Crippen LogP contribution in [-0.4, -0.2) is 32.0 Å². The van der Waals surface area contributed by atoms with Crippen LogP contribution in [0.1, 0.15) is 26.5 Å². The van der Waals surface area contributed by atoms with Crippen LogP contribution < -0.4 is 15.4 Å². The van der Waals surface area contributed by atoms with Gasteiger partial charge in [0.25, 0.3) is 11.8 Å². The summed E-state index contributed by atoms with van der Waals surface area (Å²) in [5, 5.41) is 5.24. The number of ether oxygens (including phenoxy) is 2. The fourth-order valence-electron chi connectivity index (χ4n) is 2.69. The van der Waals surface area contributed by atoms with Crippen molar-refractivity contribution in [2.75, 3.05) is 19.5 Å². The number of carbonyl (C=O) groups excluding carboxylic acids is 3. The summed E-state index contributed by atoms with van der Waals surface area (Å²) in [6.45, 7) is 0. The van der Waals surface area contributed by atoms with Crippen LogP contribution in [0, 0.1) is 0 Å². The molecule has 0 aliphatic carbocycles. The summed E-state index contributed by atoms with van der Waals surface area (Å²) in [6, 6.07) is 16.2. The molecular formula is C23H19BrN2O6. The Morgan fingerprint density at radius 2 is 1.75 bits per heavy atom. The zero-order valence-corrected chi connectivity index (χ0v) is 18.8. The van der Waals surface area contributed by atoms with E-state index in [9.17, 15) is 14.4 Å². The second kappa shape index (κ2) is 10.5. The first-order valence-electron chi connectivity index (χ1n) is 9.32. The summed E-state index contributed by atoms with van der Waals surface area (Å²) >= 11 is 3.14. The lowest BCUT2D eigenvalue weighted by Crippen LogP contribution is -2.30. The third kappa shape index (κ3) is 5.86. The van der Waals surface area contributed by atoms with E-state index in [4.69, 9.17) is 13.9 Å². The molecular weight excluding hydrogens is 480 g/mol. The zero-order valence-electron chi connectivity index (χ0n) is 17.2. The number of rotatable bonds is 7. The van der Waals surface area contributed by atoms with E-state index < -0.39 is 17.8 Å². The number of carbonyl (C=O) groups is 3. The van der Waals surface area contributed by atoms with Gasteiger partial charge in [-0.05, 0) is 70.0 Å². The van der Waals surface area contributed by atoms with Gasteiger partial charge in [-0.1, -0.05) is 18.2 Å². The quantitative estimate of drug-likeness (QED) is 0.372. The molecule has 0 aliphatic heterocycles. The van der Waals surface area contributed by atoms with E-state index in [1.165, 1.54) is 25.3 Å². The van der Waals surface area contributed by atoms with Crippen LogP contribution in [0.4, 0.5) is 5.69 Å². The largest absolute Gasteiger partial charge is 0.497 e. The minimum atomic E-state index is -0.603. The zero-order chi connectivity index (χ0) is 23.1. The Bertz CT molecular complexity index is 1170. The molecule has 1 aromatic heterocycles. The van der Waals surface area contributed by atoms with Gasteiger partial charge in [0.1, 0.15) is 11.4 Å². The molecule has 3 rings (SSSR count). The van der Waals surface area contributed by atoms with Crippen molar-refractivity contribution < 1.29 is 28.3 Å². The van der Waals surface area contributed by atoms with Crippen molar-refractivity contribution in [1.82, 2.24) is 5.32 Å². The molecule has 9 heteroatoms. The molecule has 0 radical (unpaired) electrons. The molecule has 0 aliphatic rings. The van der Waals surface area contributed by atoms with Crippen LogP contribution >= 0.6 is 15.9 Å². The van der Waals surface area contributed by atoms with Crippen LogP contribution in [-0.2, 0) is 9.53 Å². The maximum atomic E-state index is 13.0. The second-order valence-corrected chi connectivity index (χ2v) is 7.20. The number of esters is 1. The Labute approximate surface area is 192 Å². The Morgan fingerprint density at radius 3 is 2.38 bits per heavy atom. The van der Waals surface area contributed by atoms with E-state index >= 15 is 0 Å². The highest BCUT2D eigenvalue weighted by atomic mass is 79.9. The average molecular weight is 499 g/mol. The van der Waals surface area contributed by atoms with Crippen molar-refractivity contribution in [1.29, 1.82) is 0 Å². The third-order valence-electron chi connectivity index (χ3n) is 4.26. The number of hydrogen-bond acceptors (Lipinski definition) is 6. The number of halogens is 1. The maximum Gasteiger partial charge on any atom is 0.337 e. The standard InChI is InChI=1S/C23H19BrN2O6/c1-30-17-8-6-14(7-9-17)12-18(26-22(28)19-10-11-20(24)32-19)21(27)25-16-5-3-4-15(13-16)23(29)31-2/h3-13H,1-2H3,(H,25,27)(H,26,28). The van der Waals surface area contributed by atoms with Crippen LogP contribution in [0.3, 0.4) is 0 Å². The summed E-state index contributed by atoms with van der Waals surface area (Å²) in [6.07, 6.45) is 1.51. The molecule has 32 heavy (non-hydrogen) atoms. The monoisotopic (exact) mass is 498 g/mol. The van der Waals surface area contributed by atoms with Gasteiger partial charge in [-0.3, -0.25) is 9.59 Å². The molecule has 2 aromatic carbocycles. The van der Waals surface area contributed by atoms with E-state index in [1.807, 2.05) is 0 Å². The van der Waals surface area contributed by atoms with Crippen LogP contribution in [0.2, 0.25) is 0 Å². The molecule has 3 aromatic rings. The Kier molecular flexibility index (Phi) is 7.45. The predicted molar refractivity (Wildman–Crippen MR) is 121 cm³/mol. The van der Waals surface area contributed by atoms with Crippen molar-refractivity contribution in [3.05, 3.63) is 87.9 Å². The van der Waals surface area contributed by atoms with Gasteiger partial charge in [-0.15, -0.1) is 0 Å². The molecule has 0 atom stereocenters. The number of methoxy groups -OCH3 is 2.